The smallest absolute Gasteiger partial charge is 0.165 e. The summed E-state index contributed by atoms with van der Waals surface area (Å²) in [6.45, 7) is 6.66. The minimum atomic E-state index is 0.719. The molecule has 0 aliphatic carbocycles. The van der Waals surface area contributed by atoms with Crippen LogP contribution in [0, 0.1) is 0 Å². The fraction of sp³-hybridized carbons (Fsp3) is 0.545. The highest BCUT2D eigenvalue weighted by atomic mass is 32.1. The Bertz CT molecular complexity index is 462. The van der Waals surface area contributed by atoms with E-state index in [4.69, 9.17) is 0 Å². The van der Waals surface area contributed by atoms with E-state index in [0.717, 1.165) is 31.9 Å². The van der Waals surface area contributed by atoms with E-state index in [2.05, 4.69) is 46.1 Å². The molecule has 0 radical (unpaired) electrons. The van der Waals surface area contributed by atoms with Gasteiger partial charge in [0.05, 0.1) is 13.1 Å². The first-order chi connectivity index (χ1) is 8.35. The Kier molecular flexibility index (Phi) is 4.22. The molecule has 1 N–H and O–H groups in total. The van der Waals surface area contributed by atoms with Crippen LogP contribution in [0.4, 0.5) is 0 Å². The van der Waals surface area contributed by atoms with E-state index >= 15 is 0 Å². The van der Waals surface area contributed by atoms with Crippen LogP contribution in [0.1, 0.15) is 30.1 Å². The first kappa shape index (κ1) is 12.2. The van der Waals surface area contributed by atoms with E-state index in [0.29, 0.717) is 0 Å². The van der Waals surface area contributed by atoms with Crippen molar-refractivity contribution in [2.24, 2.45) is 0 Å². The summed E-state index contributed by atoms with van der Waals surface area (Å²) in [4.78, 5) is 1.34. The molecule has 0 bridgehead atoms. The van der Waals surface area contributed by atoms with Gasteiger partial charge >= 0.3 is 0 Å². The summed E-state index contributed by atoms with van der Waals surface area (Å²) in [6, 6.07) is 2.17. The maximum atomic E-state index is 4.04. The highest BCUT2D eigenvalue weighted by molar-refractivity contribution is 7.10. The van der Waals surface area contributed by atoms with Gasteiger partial charge in [0.15, 0.2) is 5.82 Å². The molecule has 2 aromatic heterocycles. The Morgan fingerprint density at radius 2 is 2.29 bits per heavy atom. The van der Waals surface area contributed by atoms with Crippen molar-refractivity contribution in [2.45, 2.75) is 33.4 Å². The lowest BCUT2D eigenvalue weighted by atomic mass is 10.2. The van der Waals surface area contributed by atoms with Crippen LogP contribution in [0.5, 0.6) is 0 Å². The summed E-state index contributed by atoms with van der Waals surface area (Å²) in [5.41, 5.74) is 1.39. The second-order valence-electron chi connectivity index (χ2n) is 3.76. The number of nitrogens with zero attached hydrogens (tertiary/aromatic N) is 4. The van der Waals surface area contributed by atoms with Crippen LogP contribution in [-0.4, -0.2) is 26.8 Å². The number of hydrogen-bond donors (Lipinski definition) is 1. The Labute approximate surface area is 105 Å². The van der Waals surface area contributed by atoms with Crippen molar-refractivity contribution in [3.05, 3.63) is 27.7 Å². The number of nitrogens with one attached hydrogen (secondary N) is 1. The van der Waals surface area contributed by atoms with Crippen LogP contribution in [0.3, 0.4) is 0 Å². The second-order valence-corrected chi connectivity index (χ2v) is 4.76. The highest BCUT2D eigenvalue weighted by Gasteiger charge is 2.09. The van der Waals surface area contributed by atoms with Gasteiger partial charge in [0.25, 0.3) is 0 Å². The van der Waals surface area contributed by atoms with E-state index in [1.54, 1.807) is 11.3 Å². The van der Waals surface area contributed by atoms with Gasteiger partial charge in [-0.1, -0.05) is 13.8 Å². The van der Waals surface area contributed by atoms with Crippen molar-refractivity contribution in [3.8, 4) is 0 Å². The number of aromatic nitrogens is 4. The molecule has 0 aliphatic heterocycles. The summed E-state index contributed by atoms with van der Waals surface area (Å²) in [5, 5.41) is 17.2. The molecule has 2 rings (SSSR count). The van der Waals surface area contributed by atoms with Crippen LogP contribution in [-0.2, 0) is 19.5 Å². The zero-order valence-electron chi connectivity index (χ0n) is 10.2. The van der Waals surface area contributed by atoms with E-state index < -0.39 is 0 Å². The van der Waals surface area contributed by atoms with Gasteiger partial charge in [-0.15, -0.1) is 16.4 Å². The van der Waals surface area contributed by atoms with Gasteiger partial charge in [0.1, 0.15) is 0 Å². The normalized spacial score (nSPS) is 10.9. The van der Waals surface area contributed by atoms with E-state index in [1.165, 1.54) is 10.4 Å². The fourth-order valence-corrected chi connectivity index (χ4v) is 2.62. The van der Waals surface area contributed by atoms with Crippen LogP contribution in [0.2, 0.25) is 0 Å². The van der Waals surface area contributed by atoms with Gasteiger partial charge in [0, 0.05) is 4.88 Å². The number of rotatable bonds is 6. The van der Waals surface area contributed by atoms with Crippen molar-refractivity contribution < 1.29 is 0 Å². The van der Waals surface area contributed by atoms with Gasteiger partial charge in [-0.3, -0.25) is 0 Å². The van der Waals surface area contributed by atoms with Crippen molar-refractivity contribution in [3.63, 3.8) is 0 Å². The molecular weight excluding hydrogens is 234 g/mol. The highest BCUT2D eigenvalue weighted by Crippen LogP contribution is 2.18. The monoisotopic (exact) mass is 251 g/mol. The van der Waals surface area contributed by atoms with E-state index in [1.807, 2.05) is 4.68 Å². The summed E-state index contributed by atoms with van der Waals surface area (Å²) in [7, 11) is 0. The number of hydrogen-bond acceptors (Lipinski definition) is 5. The van der Waals surface area contributed by atoms with Crippen molar-refractivity contribution in [1.82, 2.24) is 25.5 Å². The SMILES string of the molecule is CCNCc1nnnn1Cc1sccc1CC. The zero-order valence-corrected chi connectivity index (χ0v) is 11.0. The standard InChI is InChI=1S/C11H17N5S/c1-3-9-5-6-17-10(9)8-16-11(7-12-4-2)13-14-15-16/h5-6,12H,3-4,7-8H2,1-2H3. The fourth-order valence-electron chi connectivity index (χ4n) is 1.67. The molecule has 5 nitrogen and oxygen atoms in total. The molecule has 2 aromatic rings. The van der Waals surface area contributed by atoms with Gasteiger partial charge in [-0.25, -0.2) is 4.68 Å². The minimum Gasteiger partial charge on any atom is -0.310 e. The van der Waals surface area contributed by atoms with Crippen LogP contribution in [0.15, 0.2) is 11.4 Å². The van der Waals surface area contributed by atoms with Crippen LogP contribution >= 0.6 is 11.3 Å². The van der Waals surface area contributed by atoms with Gasteiger partial charge in [0.2, 0.25) is 0 Å². The lowest BCUT2D eigenvalue weighted by Crippen LogP contribution is -2.17. The number of tetrazole rings is 1. The molecule has 0 unspecified atom stereocenters. The Morgan fingerprint density at radius 3 is 3.06 bits per heavy atom. The summed E-state index contributed by atoms with van der Waals surface area (Å²) >= 11 is 1.77. The zero-order chi connectivity index (χ0) is 12.1. The first-order valence-electron chi connectivity index (χ1n) is 5.86. The molecule has 0 spiro atoms. The van der Waals surface area contributed by atoms with Crippen molar-refractivity contribution in [1.29, 1.82) is 0 Å². The molecule has 0 saturated carbocycles. The molecule has 0 saturated heterocycles. The van der Waals surface area contributed by atoms with Crippen LogP contribution in [0.25, 0.3) is 0 Å². The van der Waals surface area contributed by atoms with Gasteiger partial charge in [-0.05, 0) is 40.4 Å². The van der Waals surface area contributed by atoms with Crippen LogP contribution < -0.4 is 5.32 Å². The molecule has 0 aliphatic rings. The second kappa shape index (κ2) is 5.88. The molecule has 0 aromatic carbocycles. The summed E-state index contributed by atoms with van der Waals surface area (Å²) < 4.78 is 1.87. The largest absolute Gasteiger partial charge is 0.310 e. The lowest BCUT2D eigenvalue weighted by Gasteiger charge is -2.05. The number of aryl methyl sites for hydroxylation is 1. The molecule has 0 fully saturated rings. The third-order valence-electron chi connectivity index (χ3n) is 2.65. The summed E-state index contributed by atoms with van der Waals surface area (Å²) in [6.07, 6.45) is 1.06. The molecule has 0 amide bonds. The van der Waals surface area contributed by atoms with Gasteiger partial charge in [-0.2, -0.15) is 0 Å². The lowest BCUT2D eigenvalue weighted by molar-refractivity contribution is 0.590. The Hall–Kier alpha value is -1.27. The molecule has 6 heteroatoms. The Balaban J connectivity index is 2.10. The minimum absolute atomic E-state index is 0.719. The molecular formula is C11H17N5S. The van der Waals surface area contributed by atoms with E-state index in [9.17, 15) is 0 Å². The first-order valence-corrected chi connectivity index (χ1v) is 6.74. The predicted molar refractivity (Wildman–Crippen MR) is 68.0 cm³/mol. The molecule has 92 valence electrons. The third-order valence-corrected chi connectivity index (χ3v) is 3.60. The maximum absolute atomic E-state index is 4.04. The Morgan fingerprint density at radius 1 is 1.41 bits per heavy atom. The number of thiophene rings is 1. The van der Waals surface area contributed by atoms with Crippen molar-refractivity contribution in [2.75, 3.05) is 6.54 Å². The molecule has 2 heterocycles. The maximum Gasteiger partial charge on any atom is 0.165 e. The average Bonchev–Trinajstić information content (AvgIpc) is 2.96. The average molecular weight is 251 g/mol. The topological polar surface area (TPSA) is 55.6 Å². The predicted octanol–water partition coefficient (Wildman–Crippen LogP) is 1.45. The van der Waals surface area contributed by atoms with E-state index in [-0.39, 0.29) is 0 Å². The quantitative estimate of drug-likeness (QED) is 0.844. The molecule has 0 atom stereocenters. The molecule has 17 heavy (non-hydrogen) atoms. The third kappa shape index (κ3) is 2.89. The summed E-state index contributed by atoms with van der Waals surface area (Å²) in [5.74, 6) is 0.891. The van der Waals surface area contributed by atoms with Crippen molar-refractivity contribution >= 4 is 11.3 Å². The van der Waals surface area contributed by atoms with Gasteiger partial charge < -0.3 is 5.32 Å².